The van der Waals surface area contributed by atoms with Crippen molar-refractivity contribution in [3.8, 4) is 5.75 Å². The lowest BCUT2D eigenvalue weighted by molar-refractivity contribution is -0.111. The molecule has 0 atom stereocenters. The third-order valence-electron chi connectivity index (χ3n) is 5.07. The summed E-state index contributed by atoms with van der Waals surface area (Å²) in [4.78, 5) is 24.1. The SMILES string of the molecule is COc1c(/C(C)=C/C(=O)Nc2ccccc2C(N)=O)cc2c(C)c(C)oc2c1C. The van der Waals surface area contributed by atoms with Crippen molar-refractivity contribution in [1.82, 2.24) is 0 Å². The van der Waals surface area contributed by atoms with Gasteiger partial charge in [-0.2, -0.15) is 0 Å². The summed E-state index contributed by atoms with van der Waals surface area (Å²) in [6, 6.07) is 8.59. The van der Waals surface area contributed by atoms with Gasteiger partial charge in [0.25, 0.3) is 5.91 Å². The molecule has 2 amide bonds. The normalized spacial score (nSPS) is 11.6. The van der Waals surface area contributed by atoms with E-state index in [9.17, 15) is 9.59 Å². The van der Waals surface area contributed by atoms with E-state index in [-0.39, 0.29) is 11.5 Å². The molecule has 3 aromatic rings. The topological polar surface area (TPSA) is 94.6 Å². The van der Waals surface area contributed by atoms with E-state index in [1.165, 1.54) is 6.08 Å². The van der Waals surface area contributed by atoms with Crippen molar-refractivity contribution in [3.63, 3.8) is 0 Å². The minimum Gasteiger partial charge on any atom is -0.496 e. The Labute approximate surface area is 169 Å². The molecule has 6 nitrogen and oxygen atoms in total. The molecule has 0 aliphatic heterocycles. The quantitative estimate of drug-likeness (QED) is 0.625. The van der Waals surface area contributed by atoms with Crippen LogP contribution >= 0.6 is 0 Å². The fraction of sp³-hybridized carbons (Fsp3) is 0.217. The van der Waals surface area contributed by atoms with E-state index >= 15 is 0 Å². The molecular weight excluding hydrogens is 368 g/mol. The van der Waals surface area contributed by atoms with Crippen LogP contribution in [0.4, 0.5) is 5.69 Å². The van der Waals surface area contributed by atoms with Gasteiger partial charge in [0.05, 0.1) is 18.4 Å². The van der Waals surface area contributed by atoms with E-state index < -0.39 is 5.91 Å². The number of primary amides is 1. The van der Waals surface area contributed by atoms with E-state index in [0.29, 0.717) is 11.4 Å². The summed E-state index contributed by atoms with van der Waals surface area (Å²) in [6.45, 7) is 7.70. The first-order valence-electron chi connectivity index (χ1n) is 9.20. The molecule has 1 aromatic heterocycles. The van der Waals surface area contributed by atoms with Gasteiger partial charge in [0, 0.05) is 22.6 Å². The van der Waals surface area contributed by atoms with Gasteiger partial charge in [-0.3, -0.25) is 9.59 Å². The lowest BCUT2D eigenvalue weighted by Gasteiger charge is -2.13. The van der Waals surface area contributed by atoms with Crippen molar-refractivity contribution >= 4 is 34.0 Å². The van der Waals surface area contributed by atoms with E-state index in [1.54, 1.807) is 31.4 Å². The van der Waals surface area contributed by atoms with Crippen LogP contribution in [0.1, 0.15) is 39.7 Å². The molecular formula is C23H24N2O4. The van der Waals surface area contributed by atoms with Crippen LogP contribution in [0.3, 0.4) is 0 Å². The molecule has 0 unspecified atom stereocenters. The Morgan fingerprint density at radius 2 is 1.79 bits per heavy atom. The molecule has 0 spiro atoms. The van der Waals surface area contributed by atoms with Gasteiger partial charge in [-0.1, -0.05) is 12.1 Å². The number of nitrogens with one attached hydrogen (secondary N) is 1. The fourth-order valence-corrected chi connectivity index (χ4v) is 3.42. The number of carbonyl (C=O) groups is 2. The maximum Gasteiger partial charge on any atom is 0.250 e. The van der Waals surface area contributed by atoms with E-state index in [2.05, 4.69) is 5.32 Å². The third-order valence-corrected chi connectivity index (χ3v) is 5.07. The number of anilines is 1. The minimum atomic E-state index is -0.602. The summed E-state index contributed by atoms with van der Waals surface area (Å²) in [5.74, 6) is 0.543. The largest absolute Gasteiger partial charge is 0.496 e. The lowest BCUT2D eigenvalue weighted by Crippen LogP contribution is -2.17. The van der Waals surface area contributed by atoms with Crippen molar-refractivity contribution in [2.45, 2.75) is 27.7 Å². The van der Waals surface area contributed by atoms with Crippen LogP contribution in [0, 0.1) is 20.8 Å². The van der Waals surface area contributed by atoms with Crippen molar-refractivity contribution in [1.29, 1.82) is 0 Å². The number of hydrogen-bond donors (Lipinski definition) is 2. The van der Waals surface area contributed by atoms with Crippen LogP contribution in [0.15, 0.2) is 40.8 Å². The molecule has 1 heterocycles. The number of furan rings is 1. The second-order valence-electron chi connectivity index (χ2n) is 6.97. The number of fused-ring (bicyclic) bond motifs is 1. The number of amides is 2. The Bertz CT molecular complexity index is 1160. The van der Waals surface area contributed by atoms with Gasteiger partial charge >= 0.3 is 0 Å². The highest BCUT2D eigenvalue weighted by Crippen LogP contribution is 2.38. The molecule has 0 radical (unpaired) electrons. The van der Waals surface area contributed by atoms with Gasteiger partial charge in [0.15, 0.2) is 0 Å². The highest BCUT2D eigenvalue weighted by Gasteiger charge is 2.18. The van der Waals surface area contributed by atoms with Gasteiger partial charge in [-0.25, -0.2) is 0 Å². The molecule has 2 aromatic carbocycles. The highest BCUT2D eigenvalue weighted by atomic mass is 16.5. The standard InChI is InChI=1S/C23H24N2O4/c1-12(10-20(26)25-19-9-7-6-8-16(19)23(24)27)17-11-18-13(2)15(4)29-22(18)14(3)21(17)28-5/h6-11H,1-5H3,(H2,24,27)(H,25,26)/b12-10+. The Balaban J connectivity index is 2.01. The Kier molecular flexibility index (Phi) is 5.46. The van der Waals surface area contributed by atoms with Gasteiger partial charge < -0.3 is 20.2 Å². The summed E-state index contributed by atoms with van der Waals surface area (Å²) >= 11 is 0. The zero-order valence-corrected chi connectivity index (χ0v) is 17.2. The molecule has 6 heteroatoms. The van der Waals surface area contributed by atoms with Crippen LogP contribution in [0.25, 0.3) is 16.5 Å². The molecule has 0 fully saturated rings. The van der Waals surface area contributed by atoms with Gasteiger partial charge in [-0.05, 0) is 57.0 Å². The molecule has 3 N–H and O–H groups in total. The Hall–Kier alpha value is -3.54. The smallest absolute Gasteiger partial charge is 0.250 e. The molecule has 0 bridgehead atoms. The summed E-state index contributed by atoms with van der Waals surface area (Å²) in [5, 5.41) is 3.71. The number of hydrogen-bond acceptors (Lipinski definition) is 4. The van der Waals surface area contributed by atoms with Crippen LogP contribution in [0.5, 0.6) is 5.75 Å². The summed E-state index contributed by atoms with van der Waals surface area (Å²) < 4.78 is 11.5. The van der Waals surface area contributed by atoms with E-state index in [0.717, 1.165) is 39.0 Å². The molecule has 0 saturated carbocycles. The average Bonchev–Trinajstić information content (AvgIpc) is 2.96. The van der Waals surface area contributed by atoms with Crippen LogP contribution in [-0.2, 0) is 4.79 Å². The number of benzene rings is 2. The zero-order valence-electron chi connectivity index (χ0n) is 17.2. The maximum absolute atomic E-state index is 12.6. The number of ether oxygens (including phenoxy) is 1. The summed E-state index contributed by atoms with van der Waals surface area (Å²) in [5.41, 5.74) is 10.2. The van der Waals surface area contributed by atoms with Gasteiger partial charge in [0.2, 0.25) is 5.91 Å². The van der Waals surface area contributed by atoms with Crippen molar-refractivity contribution in [2.75, 3.05) is 12.4 Å². The number of nitrogens with two attached hydrogens (primary N) is 1. The fourth-order valence-electron chi connectivity index (χ4n) is 3.42. The van der Waals surface area contributed by atoms with Gasteiger partial charge in [-0.15, -0.1) is 0 Å². The molecule has 0 aliphatic rings. The summed E-state index contributed by atoms with van der Waals surface area (Å²) in [7, 11) is 1.59. The lowest BCUT2D eigenvalue weighted by atomic mass is 9.98. The summed E-state index contributed by atoms with van der Waals surface area (Å²) in [6.07, 6.45) is 1.48. The average molecular weight is 392 g/mol. The monoisotopic (exact) mass is 392 g/mol. The molecule has 150 valence electrons. The molecule has 29 heavy (non-hydrogen) atoms. The van der Waals surface area contributed by atoms with Crippen LogP contribution in [0.2, 0.25) is 0 Å². The third kappa shape index (κ3) is 3.74. The maximum atomic E-state index is 12.6. The van der Waals surface area contributed by atoms with Crippen LogP contribution in [-0.4, -0.2) is 18.9 Å². The predicted octanol–water partition coefficient (Wildman–Crippen LogP) is 4.51. The molecule has 0 aliphatic carbocycles. The molecule has 0 saturated heterocycles. The number of aryl methyl sites for hydroxylation is 3. The first-order valence-corrected chi connectivity index (χ1v) is 9.20. The number of methoxy groups -OCH3 is 1. The van der Waals surface area contributed by atoms with E-state index in [4.69, 9.17) is 14.9 Å². The number of rotatable bonds is 5. The van der Waals surface area contributed by atoms with Crippen LogP contribution < -0.4 is 15.8 Å². The van der Waals surface area contributed by atoms with E-state index in [1.807, 2.05) is 33.8 Å². The number of allylic oxidation sites excluding steroid dienone is 1. The first-order chi connectivity index (χ1) is 13.7. The number of para-hydroxylation sites is 1. The van der Waals surface area contributed by atoms with Gasteiger partial charge in [0.1, 0.15) is 17.1 Å². The zero-order chi connectivity index (χ0) is 21.3. The first kappa shape index (κ1) is 20.2. The predicted molar refractivity (Wildman–Crippen MR) is 114 cm³/mol. The number of carbonyl (C=O) groups excluding carboxylic acids is 2. The van der Waals surface area contributed by atoms with Crippen molar-refractivity contribution in [2.24, 2.45) is 5.73 Å². The Morgan fingerprint density at radius 1 is 1.10 bits per heavy atom. The molecule has 3 rings (SSSR count). The highest BCUT2D eigenvalue weighted by molar-refractivity contribution is 6.08. The van der Waals surface area contributed by atoms with Crippen molar-refractivity contribution in [3.05, 3.63) is 64.4 Å². The second kappa shape index (κ2) is 7.83. The minimum absolute atomic E-state index is 0.256. The second-order valence-corrected chi connectivity index (χ2v) is 6.97. The van der Waals surface area contributed by atoms with Crippen molar-refractivity contribution < 1.29 is 18.7 Å². The Morgan fingerprint density at radius 3 is 2.45 bits per heavy atom.